The lowest BCUT2D eigenvalue weighted by atomic mass is 9.68. The van der Waals surface area contributed by atoms with E-state index in [1.165, 1.54) is 19.3 Å². The molecular weight excluding hydrogens is 228 g/mol. The summed E-state index contributed by atoms with van der Waals surface area (Å²) in [4.78, 5) is 0. The average molecular weight is 260 g/mol. The highest BCUT2D eigenvalue weighted by atomic mass is 14.4. The molecule has 0 saturated carbocycles. The Morgan fingerprint density at radius 2 is 1.32 bits per heavy atom. The zero-order chi connectivity index (χ0) is 14.7. The standard InChI is InChI=1S/C17H26.C2H6/c1-16(2,3)12-17(4,5)15-10-13-8-6-7-9-14(13)11-15;1-2/h6-9,15H,10-12H2,1-5H3;1-2H3. The van der Waals surface area contributed by atoms with Gasteiger partial charge in [0.05, 0.1) is 0 Å². The van der Waals surface area contributed by atoms with Gasteiger partial charge in [0, 0.05) is 0 Å². The molecule has 1 aromatic carbocycles. The first-order valence-corrected chi connectivity index (χ1v) is 7.85. The molecule has 1 aromatic rings. The molecule has 0 heterocycles. The van der Waals surface area contributed by atoms with E-state index in [4.69, 9.17) is 0 Å². The highest BCUT2D eigenvalue weighted by molar-refractivity contribution is 5.32. The van der Waals surface area contributed by atoms with Crippen LogP contribution in [-0.2, 0) is 12.8 Å². The van der Waals surface area contributed by atoms with Gasteiger partial charge in [-0.25, -0.2) is 0 Å². The van der Waals surface area contributed by atoms with E-state index >= 15 is 0 Å². The lowest BCUT2D eigenvalue weighted by Crippen LogP contribution is -2.29. The van der Waals surface area contributed by atoms with Gasteiger partial charge in [-0.3, -0.25) is 0 Å². The molecule has 0 aliphatic heterocycles. The van der Waals surface area contributed by atoms with E-state index in [2.05, 4.69) is 58.9 Å². The van der Waals surface area contributed by atoms with Gasteiger partial charge < -0.3 is 0 Å². The first-order valence-electron chi connectivity index (χ1n) is 7.85. The maximum atomic E-state index is 2.45. The minimum absolute atomic E-state index is 0.429. The Labute approximate surface area is 120 Å². The molecule has 0 spiro atoms. The lowest BCUT2D eigenvalue weighted by Gasteiger charge is -2.37. The van der Waals surface area contributed by atoms with Crippen LogP contribution in [0.3, 0.4) is 0 Å². The van der Waals surface area contributed by atoms with Gasteiger partial charge in [0.2, 0.25) is 0 Å². The number of rotatable bonds is 2. The van der Waals surface area contributed by atoms with Crippen LogP contribution in [0, 0.1) is 16.7 Å². The second-order valence-corrected chi connectivity index (χ2v) is 7.60. The zero-order valence-corrected chi connectivity index (χ0v) is 14.0. The van der Waals surface area contributed by atoms with Gasteiger partial charge in [0.1, 0.15) is 0 Å². The predicted octanol–water partition coefficient (Wildman–Crippen LogP) is 5.89. The highest BCUT2D eigenvalue weighted by Gasteiger charge is 2.36. The molecule has 0 atom stereocenters. The van der Waals surface area contributed by atoms with Crippen LogP contribution in [0.5, 0.6) is 0 Å². The summed E-state index contributed by atoms with van der Waals surface area (Å²) < 4.78 is 0. The van der Waals surface area contributed by atoms with Crippen LogP contribution in [0.25, 0.3) is 0 Å². The van der Waals surface area contributed by atoms with Crippen molar-refractivity contribution < 1.29 is 0 Å². The fourth-order valence-corrected chi connectivity index (χ4v) is 3.62. The van der Waals surface area contributed by atoms with Gasteiger partial charge in [-0.1, -0.05) is 72.7 Å². The van der Waals surface area contributed by atoms with Crippen molar-refractivity contribution in [3.8, 4) is 0 Å². The number of hydrogen-bond donors (Lipinski definition) is 0. The average Bonchev–Trinajstić information content (AvgIpc) is 2.73. The summed E-state index contributed by atoms with van der Waals surface area (Å²) in [5.41, 5.74) is 4.04. The summed E-state index contributed by atoms with van der Waals surface area (Å²) in [6.07, 6.45) is 3.86. The summed E-state index contributed by atoms with van der Waals surface area (Å²) in [5.74, 6) is 0.819. The molecule has 0 N–H and O–H groups in total. The van der Waals surface area contributed by atoms with Crippen LogP contribution in [0.2, 0.25) is 0 Å². The third-order valence-electron chi connectivity index (χ3n) is 4.14. The molecular formula is C19H32. The summed E-state index contributed by atoms with van der Waals surface area (Å²) in [6, 6.07) is 8.97. The van der Waals surface area contributed by atoms with E-state index in [-0.39, 0.29) is 0 Å². The third-order valence-corrected chi connectivity index (χ3v) is 4.14. The monoisotopic (exact) mass is 260 g/mol. The quantitative estimate of drug-likeness (QED) is 0.622. The first-order chi connectivity index (χ1) is 8.78. The largest absolute Gasteiger partial charge is 0.0683 e. The lowest BCUT2D eigenvalue weighted by molar-refractivity contribution is 0.135. The Balaban J connectivity index is 0.000000861. The minimum Gasteiger partial charge on any atom is -0.0683 e. The Kier molecular flexibility index (Phi) is 5.24. The van der Waals surface area contributed by atoms with Crippen molar-refractivity contribution in [2.24, 2.45) is 16.7 Å². The Morgan fingerprint density at radius 3 is 1.68 bits per heavy atom. The Hall–Kier alpha value is -0.780. The topological polar surface area (TPSA) is 0 Å². The van der Waals surface area contributed by atoms with Gasteiger partial charge in [0.25, 0.3) is 0 Å². The summed E-state index contributed by atoms with van der Waals surface area (Å²) in [6.45, 7) is 16.0. The van der Waals surface area contributed by atoms with Crippen molar-refractivity contribution in [3.05, 3.63) is 35.4 Å². The van der Waals surface area contributed by atoms with E-state index < -0.39 is 0 Å². The minimum atomic E-state index is 0.429. The van der Waals surface area contributed by atoms with Gasteiger partial charge in [-0.2, -0.15) is 0 Å². The van der Waals surface area contributed by atoms with E-state index in [1.54, 1.807) is 11.1 Å². The summed E-state index contributed by atoms with van der Waals surface area (Å²) in [5, 5.41) is 0. The second kappa shape index (κ2) is 6.11. The summed E-state index contributed by atoms with van der Waals surface area (Å²) in [7, 11) is 0. The number of fused-ring (bicyclic) bond motifs is 1. The van der Waals surface area contributed by atoms with Gasteiger partial charge in [0.15, 0.2) is 0 Å². The Morgan fingerprint density at radius 1 is 0.895 bits per heavy atom. The molecule has 0 fully saturated rings. The van der Waals surface area contributed by atoms with Crippen molar-refractivity contribution >= 4 is 0 Å². The fraction of sp³-hybridized carbons (Fsp3) is 0.684. The maximum absolute atomic E-state index is 2.45. The van der Waals surface area contributed by atoms with Crippen LogP contribution in [0.15, 0.2) is 24.3 Å². The van der Waals surface area contributed by atoms with Crippen molar-refractivity contribution in [1.82, 2.24) is 0 Å². The van der Waals surface area contributed by atoms with Crippen LogP contribution >= 0.6 is 0 Å². The molecule has 0 saturated heterocycles. The van der Waals surface area contributed by atoms with Gasteiger partial charge in [-0.05, 0) is 47.1 Å². The van der Waals surface area contributed by atoms with Crippen LogP contribution in [0.1, 0.15) is 66.0 Å². The Bertz CT molecular complexity index is 368. The van der Waals surface area contributed by atoms with E-state index in [0.717, 1.165) is 5.92 Å². The third kappa shape index (κ3) is 4.37. The van der Waals surface area contributed by atoms with Crippen molar-refractivity contribution in [2.75, 3.05) is 0 Å². The predicted molar refractivity (Wildman–Crippen MR) is 86.5 cm³/mol. The molecule has 1 aliphatic rings. The molecule has 0 unspecified atom stereocenters. The van der Waals surface area contributed by atoms with Gasteiger partial charge >= 0.3 is 0 Å². The molecule has 1 aliphatic carbocycles. The number of benzene rings is 1. The first kappa shape index (κ1) is 16.3. The molecule has 2 rings (SSSR count). The van der Waals surface area contributed by atoms with E-state index in [0.29, 0.717) is 10.8 Å². The van der Waals surface area contributed by atoms with E-state index in [1.807, 2.05) is 13.8 Å². The maximum Gasteiger partial charge on any atom is -0.0239 e. The molecule has 108 valence electrons. The van der Waals surface area contributed by atoms with Crippen molar-refractivity contribution in [2.45, 2.75) is 67.7 Å². The van der Waals surface area contributed by atoms with Crippen LogP contribution in [0.4, 0.5) is 0 Å². The highest BCUT2D eigenvalue weighted by Crippen LogP contribution is 2.44. The fourth-order valence-electron chi connectivity index (χ4n) is 3.62. The van der Waals surface area contributed by atoms with Crippen LogP contribution < -0.4 is 0 Å². The number of hydrogen-bond acceptors (Lipinski definition) is 0. The van der Waals surface area contributed by atoms with Crippen molar-refractivity contribution in [3.63, 3.8) is 0 Å². The molecule has 0 bridgehead atoms. The molecule has 0 heteroatoms. The molecule has 0 radical (unpaired) electrons. The molecule has 0 amide bonds. The van der Waals surface area contributed by atoms with Gasteiger partial charge in [-0.15, -0.1) is 0 Å². The normalized spacial score (nSPS) is 15.7. The SMILES string of the molecule is CC.CC(C)(C)CC(C)(C)C1Cc2ccccc2C1. The van der Waals surface area contributed by atoms with E-state index in [9.17, 15) is 0 Å². The molecule has 0 nitrogen and oxygen atoms in total. The summed E-state index contributed by atoms with van der Waals surface area (Å²) >= 11 is 0. The zero-order valence-electron chi connectivity index (χ0n) is 14.0. The molecule has 0 aromatic heterocycles. The second-order valence-electron chi connectivity index (χ2n) is 7.60. The van der Waals surface area contributed by atoms with Crippen molar-refractivity contribution in [1.29, 1.82) is 0 Å². The smallest absolute Gasteiger partial charge is 0.0239 e. The molecule has 19 heavy (non-hydrogen) atoms. The van der Waals surface area contributed by atoms with Crippen LogP contribution in [-0.4, -0.2) is 0 Å².